The third-order valence-electron chi connectivity index (χ3n) is 3.21. The Bertz CT molecular complexity index is 634. The molecule has 0 atom stereocenters. The Labute approximate surface area is 129 Å². The van der Waals surface area contributed by atoms with E-state index in [1.165, 1.54) is 0 Å². The van der Waals surface area contributed by atoms with Crippen LogP contribution in [0, 0.1) is 5.92 Å². The number of nitrogens with one attached hydrogen (secondary N) is 2. The highest BCUT2D eigenvalue weighted by Crippen LogP contribution is 2.31. The van der Waals surface area contributed by atoms with Gasteiger partial charge >= 0.3 is 0 Å². The third-order valence-corrected chi connectivity index (χ3v) is 3.45. The average Bonchev–Trinajstić information content (AvgIpc) is 2.82. The van der Waals surface area contributed by atoms with Crippen LogP contribution in [0.1, 0.15) is 32.9 Å². The van der Waals surface area contributed by atoms with E-state index in [-0.39, 0.29) is 11.8 Å². The van der Waals surface area contributed by atoms with E-state index >= 15 is 0 Å². The van der Waals surface area contributed by atoms with Crippen LogP contribution in [0.3, 0.4) is 0 Å². The molecule has 112 valence electrons. The number of halogens is 1. The van der Waals surface area contributed by atoms with Crippen molar-refractivity contribution in [3.8, 4) is 11.3 Å². The van der Waals surface area contributed by atoms with Crippen molar-refractivity contribution in [2.75, 3.05) is 5.32 Å². The van der Waals surface area contributed by atoms with Crippen LogP contribution in [0.2, 0.25) is 5.02 Å². The van der Waals surface area contributed by atoms with Crippen LogP contribution in [-0.2, 0) is 11.2 Å². The number of amides is 1. The fourth-order valence-electron chi connectivity index (χ4n) is 2.06. The summed E-state index contributed by atoms with van der Waals surface area (Å²) in [5.41, 5.74) is 3.33. The molecule has 2 N–H and O–H groups in total. The van der Waals surface area contributed by atoms with Crippen molar-refractivity contribution in [1.82, 2.24) is 10.2 Å². The van der Waals surface area contributed by atoms with E-state index in [4.69, 9.17) is 11.6 Å². The molecular formula is C16H20ClN3O. The summed E-state index contributed by atoms with van der Waals surface area (Å²) in [5, 5.41) is 11.0. The first-order valence-corrected chi connectivity index (χ1v) is 7.54. The van der Waals surface area contributed by atoms with Gasteiger partial charge in [-0.15, -0.1) is 0 Å². The van der Waals surface area contributed by atoms with Crippen LogP contribution < -0.4 is 5.32 Å². The summed E-state index contributed by atoms with van der Waals surface area (Å²) in [4.78, 5) is 12.0. The Hall–Kier alpha value is -1.81. The molecule has 1 aromatic carbocycles. The molecule has 0 aliphatic rings. The van der Waals surface area contributed by atoms with Crippen LogP contribution in [0.15, 0.2) is 24.3 Å². The quantitative estimate of drug-likeness (QED) is 0.866. The molecular weight excluding hydrogens is 286 g/mol. The van der Waals surface area contributed by atoms with E-state index < -0.39 is 0 Å². The lowest BCUT2D eigenvalue weighted by atomic mass is 10.1. The molecule has 0 fully saturated rings. The molecule has 0 spiro atoms. The molecule has 1 heterocycles. The van der Waals surface area contributed by atoms with Gasteiger partial charge in [-0.1, -0.05) is 50.9 Å². The number of benzene rings is 1. The largest absolute Gasteiger partial charge is 0.322 e. The average molecular weight is 306 g/mol. The highest BCUT2D eigenvalue weighted by atomic mass is 35.5. The number of aromatic amines is 1. The zero-order valence-corrected chi connectivity index (χ0v) is 13.3. The maximum atomic E-state index is 12.0. The standard InChI is InChI=1S/C16H20ClN3O/c1-4-6-13-15(18-16(21)10(2)3)14(20-19-13)11-7-5-8-12(17)9-11/h5,7-10H,4,6H2,1-3H3,(H,18,21)(H,19,20). The molecule has 1 amide bonds. The molecule has 0 bridgehead atoms. The van der Waals surface area contributed by atoms with Crippen LogP contribution in [-0.4, -0.2) is 16.1 Å². The van der Waals surface area contributed by atoms with Crippen molar-refractivity contribution >= 4 is 23.2 Å². The zero-order valence-electron chi connectivity index (χ0n) is 12.5. The maximum Gasteiger partial charge on any atom is 0.227 e. The Morgan fingerprint density at radius 2 is 2.19 bits per heavy atom. The van der Waals surface area contributed by atoms with Crippen molar-refractivity contribution in [3.05, 3.63) is 35.0 Å². The van der Waals surface area contributed by atoms with Gasteiger partial charge in [0.2, 0.25) is 5.91 Å². The van der Waals surface area contributed by atoms with Gasteiger partial charge in [0.25, 0.3) is 0 Å². The third kappa shape index (κ3) is 3.64. The number of anilines is 1. The van der Waals surface area contributed by atoms with E-state index in [1.54, 1.807) is 0 Å². The van der Waals surface area contributed by atoms with E-state index in [2.05, 4.69) is 22.4 Å². The molecule has 0 radical (unpaired) electrons. The molecule has 1 aromatic heterocycles. The van der Waals surface area contributed by atoms with E-state index in [9.17, 15) is 4.79 Å². The molecule has 0 saturated heterocycles. The molecule has 0 unspecified atom stereocenters. The highest BCUT2D eigenvalue weighted by molar-refractivity contribution is 6.30. The first kappa shape index (κ1) is 15.6. The summed E-state index contributed by atoms with van der Waals surface area (Å²) in [6, 6.07) is 7.47. The van der Waals surface area contributed by atoms with Gasteiger partial charge in [-0.3, -0.25) is 9.89 Å². The second-order valence-electron chi connectivity index (χ2n) is 5.33. The minimum Gasteiger partial charge on any atom is -0.322 e. The first-order valence-electron chi connectivity index (χ1n) is 7.17. The Balaban J connectivity index is 2.43. The van der Waals surface area contributed by atoms with E-state index in [0.29, 0.717) is 5.02 Å². The van der Waals surface area contributed by atoms with Crippen LogP contribution >= 0.6 is 11.6 Å². The van der Waals surface area contributed by atoms with Gasteiger partial charge in [0, 0.05) is 16.5 Å². The smallest absolute Gasteiger partial charge is 0.227 e. The van der Waals surface area contributed by atoms with Crippen LogP contribution in [0.4, 0.5) is 5.69 Å². The Morgan fingerprint density at radius 1 is 1.43 bits per heavy atom. The van der Waals surface area contributed by atoms with Gasteiger partial charge in [-0.25, -0.2) is 0 Å². The fraction of sp³-hybridized carbons (Fsp3) is 0.375. The van der Waals surface area contributed by atoms with Crippen LogP contribution in [0.5, 0.6) is 0 Å². The molecule has 2 rings (SSSR count). The summed E-state index contributed by atoms with van der Waals surface area (Å²) >= 11 is 6.05. The number of carbonyl (C=O) groups excluding carboxylic acids is 1. The lowest BCUT2D eigenvalue weighted by molar-refractivity contribution is -0.118. The van der Waals surface area contributed by atoms with Crippen molar-refractivity contribution in [3.63, 3.8) is 0 Å². The summed E-state index contributed by atoms with van der Waals surface area (Å²) in [7, 11) is 0. The summed E-state index contributed by atoms with van der Waals surface area (Å²) in [6.07, 6.45) is 1.81. The number of hydrogen-bond donors (Lipinski definition) is 2. The van der Waals surface area contributed by atoms with Crippen molar-refractivity contribution < 1.29 is 4.79 Å². The number of aryl methyl sites for hydroxylation is 1. The van der Waals surface area contributed by atoms with Crippen LogP contribution in [0.25, 0.3) is 11.3 Å². The predicted molar refractivity (Wildman–Crippen MR) is 86.5 cm³/mol. The number of carbonyl (C=O) groups is 1. The minimum absolute atomic E-state index is 0.0166. The molecule has 0 saturated carbocycles. The predicted octanol–water partition coefficient (Wildman–Crippen LogP) is 4.28. The first-order chi connectivity index (χ1) is 10.0. The lowest BCUT2D eigenvalue weighted by Gasteiger charge is -2.10. The SMILES string of the molecule is CCCc1[nH]nc(-c2cccc(Cl)c2)c1NC(=O)C(C)C. The van der Waals surface area contributed by atoms with Gasteiger partial charge < -0.3 is 5.32 Å². The summed E-state index contributed by atoms with van der Waals surface area (Å²) < 4.78 is 0. The molecule has 2 aromatic rings. The monoisotopic (exact) mass is 305 g/mol. The number of hydrogen-bond acceptors (Lipinski definition) is 2. The van der Waals surface area contributed by atoms with Gasteiger partial charge in [0.15, 0.2) is 0 Å². The Morgan fingerprint density at radius 3 is 2.81 bits per heavy atom. The lowest BCUT2D eigenvalue weighted by Crippen LogP contribution is -2.18. The number of nitrogens with zero attached hydrogens (tertiary/aromatic N) is 1. The number of rotatable bonds is 5. The van der Waals surface area contributed by atoms with E-state index in [1.807, 2.05) is 38.1 Å². The molecule has 4 nitrogen and oxygen atoms in total. The topological polar surface area (TPSA) is 57.8 Å². The fourth-order valence-corrected chi connectivity index (χ4v) is 2.25. The summed E-state index contributed by atoms with van der Waals surface area (Å²) in [5.74, 6) is -0.0985. The van der Waals surface area contributed by atoms with Crippen molar-refractivity contribution in [1.29, 1.82) is 0 Å². The second-order valence-corrected chi connectivity index (χ2v) is 5.77. The molecule has 5 heteroatoms. The van der Waals surface area contributed by atoms with E-state index in [0.717, 1.165) is 35.5 Å². The summed E-state index contributed by atoms with van der Waals surface area (Å²) in [6.45, 7) is 5.83. The van der Waals surface area contributed by atoms with Gasteiger partial charge in [-0.2, -0.15) is 5.10 Å². The number of aromatic nitrogens is 2. The van der Waals surface area contributed by atoms with Gasteiger partial charge in [0.1, 0.15) is 5.69 Å². The molecule has 0 aliphatic carbocycles. The molecule has 21 heavy (non-hydrogen) atoms. The van der Waals surface area contributed by atoms with Crippen molar-refractivity contribution in [2.24, 2.45) is 5.92 Å². The highest BCUT2D eigenvalue weighted by Gasteiger charge is 2.18. The maximum absolute atomic E-state index is 12.0. The second kappa shape index (κ2) is 6.76. The minimum atomic E-state index is -0.0819. The number of H-pyrrole nitrogens is 1. The zero-order chi connectivity index (χ0) is 15.4. The molecule has 0 aliphatic heterocycles. The van der Waals surface area contributed by atoms with Gasteiger partial charge in [0.05, 0.1) is 11.4 Å². The van der Waals surface area contributed by atoms with Crippen molar-refractivity contribution in [2.45, 2.75) is 33.6 Å². The normalized spacial score (nSPS) is 10.9. The van der Waals surface area contributed by atoms with Gasteiger partial charge in [-0.05, 0) is 18.6 Å². The Kier molecular flexibility index (Phi) is 5.02.